The van der Waals surface area contributed by atoms with Gasteiger partial charge in [0.2, 0.25) is 0 Å². The molecular weight excluding hydrogens is 250 g/mol. The standard InChI is InChI=1S/C16H21N3O/c1-3-13-8-4-5-10-18(13)16(20)14-11-19-12(2)7-6-9-15(19)17-14/h6-7,9,11,13H,3-5,8,10H2,1-2H3. The molecular formula is C16H21N3O. The summed E-state index contributed by atoms with van der Waals surface area (Å²) < 4.78 is 1.98. The minimum absolute atomic E-state index is 0.0830. The maximum absolute atomic E-state index is 12.7. The highest BCUT2D eigenvalue weighted by Gasteiger charge is 2.27. The number of likely N-dealkylation sites (tertiary alicyclic amines) is 1. The van der Waals surface area contributed by atoms with Gasteiger partial charge >= 0.3 is 0 Å². The van der Waals surface area contributed by atoms with Crippen molar-refractivity contribution in [3.05, 3.63) is 35.8 Å². The lowest BCUT2D eigenvalue weighted by atomic mass is 10.00. The van der Waals surface area contributed by atoms with Gasteiger partial charge in [-0.1, -0.05) is 13.0 Å². The van der Waals surface area contributed by atoms with E-state index in [1.54, 1.807) is 0 Å². The molecule has 1 atom stereocenters. The summed E-state index contributed by atoms with van der Waals surface area (Å²) in [7, 11) is 0. The van der Waals surface area contributed by atoms with Crippen molar-refractivity contribution < 1.29 is 4.79 Å². The summed E-state index contributed by atoms with van der Waals surface area (Å²) in [6, 6.07) is 6.32. The number of imidazole rings is 1. The number of nitrogens with zero attached hydrogens (tertiary/aromatic N) is 3. The average molecular weight is 271 g/mol. The fourth-order valence-corrected chi connectivity index (χ4v) is 3.09. The molecule has 106 valence electrons. The lowest BCUT2D eigenvalue weighted by molar-refractivity contribution is 0.0602. The van der Waals surface area contributed by atoms with Gasteiger partial charge in [0.15, 0.2) is 0 Å². The summed E-state index contributed by atoms with van der Waals surface area (Å²) in [5.41, 5.74) is 2.51. The summed E-state index contributed by atoms with van der Waals surface area (Å²) in [6.07, 6.45) is 6.35. The van der Waals surface area contributed by atoms with Crippen molar-refractivity contribution in [2.24, 2.45) is 0 Å². The summed E-state index contributed by atoms with van der Waals surface area (Å²) in [5.74, 6) is 0.0830. The van der Waals surface area contributed by atoms with Crippen molar-refractivity contribution in [1.82, 2.24) is 14.3 Å². The Labute approximate surface area is 119 Å². The molecule has 2 aromatic rings. The SMILES string of the molecule is CCC1CCCCN1C(=O)c1cn2c(C)cccc2n1. The number of fused-ring (bicyclic) bond motifs is 1. The molecule has 0 radical (unpaired) electrons. The minimum atomic E-state index is 0.0830. The number of piperidine rings is 1. The summed E-state index contributed by atoms with van der Waals surface area (Å²) >= 11 is 0. The van der Waals surface area contributed by atoms with E-state index in [0.717, 1.165) is 37.1 Å². The van der Waals surface area contributed by atoms with E-state index < -0.39 is 0 Å². The van der Waals surface area contributed by atoms with Gasteiger partial charge in [-0.3, -0.25) is 4.79 Å². The van der Waals surface area contributed by atoms with Crippen LogP contribution in [0.25, 0.3) is 5.65 Å². The first-order valence-corrected chi connectivity index (χ1v) is 7.46. The molecule has 3 heterocycles. The first-order valence-electron chi connectivity index (χ1n) is 7.46. The van der Waals surface area contributed by atoms with E-state index in [4.69, 9.17) is 0 Å². The van der Waals surface area contributed by atoms with Crippen LogP contribution in [0.5, 0.6) is 0 Å². The maximum Gasteiger partial charge on any atom is 0.274 e. The van der Waals surface area contributed by atoms with E-state index >= 15 is 0 Å². The number of carbonyl (C=O) groups is 1. The lowest BCUT2D eigenvalue weighted by Crippen LogP contribution is -2.43. The largest absolute Gasteiger partial charge is 0.334 e. The number of hydrogen-bond donors (Lipinski definition) is 0. The summed E-state index contributed by atoms with van der Waals surface area (Å²) in [6.45, 7) is 5.05. The lowest BCUT2D eigenvalue weighted by Gasteiger charge is -2.34. The monoisotopic (exact) mass is 271 g/mol. The predicted octanol–water partition coefficient (Wildman–Crippen LogP) is 3.05. The number of aryl methyl sites for hydroxylation is 1. The summed E-state index contributed by atoms with van der Waals surface area (Å²) in [4.78, 5) is 19.2. The highest BCUT2D eigenvalue weighted by molar-refractivity contribution is 5.93. The predicted molar refractivity (Wildman–Crippen MR) is 78.9 cm³/mol. The second kappa shape index (κ2) is 5.27. The van der Waals surface area contributed by atoms with E-state index in [1.165, 1.54) is 6.42 Å². The second-order valence-electron chi connectivity index (χ2n) is 5.58. The first-order chi connectivity index (χ1) is 9.70. The van der Waals surface area contributed by atoms with Crippen LogP contribution in [-0.4, -0.2) is 32.8 Å². The van der Waals surface area contributed by atoms with Gasteiger partial charge in [-0.15, -0.1) is 0 Å². The molecule has 2 aromatic heterocycles. The number of amides is 1. The van der Waals surface area contributed by atoms with E-state index in [2.05, 4.69) is 11.9 Å². The van der Waals surface area contributed by atoms with Gasteiger partial charge in [0.1, 0.15) is 11.3 Å². The van der Waals surface area contributed by atoms with Crippen LogP contribution in [0.1, 0.15) is 48.8 Å². The Hall–Kier alpha value is -1.84. The van der Waals surface area contributed by atoms with E-state index in [1.807, 2.05) is 40.6 Å². The molecule has 0 saturated carbocycles. The fourth-order valence-electron chi connectivity index (χ4n) is 3.09. The number of pyridine rings is 1. The zero-order chi connectivity index (χ0) is 14.1. The third-order valence-electron chi connectivity index (χ3n) is 4.27. The van der Waals surface area contributed by atoms with Crippen molar-refractivity contribution in [3.8, 4) is 0 Å². The van der Waals surface area contributed by atoms with Gasteiger partial charge < -0.3 is 9.30 Å². The molecule has 0 N–H and O–H groups in total. The number of hydrogen-bond acceptors (Lipinski definition) is 2. The normalized spacial score (nSPS) is 19.5. The van der Waals surface area contributed by atoms with Crippen molar-refractivity contribution in [2.75, 3.05) is 6.54 Å². The van der Waals surface area contributed by atoms with Gasteiger partial charge in [-0.05, 0) is 44.7 Å². The van der Waals surface area contributed by atoms with Crippen LogP contribution in [0.2, 0.25) is 0 Å². The smallest absolute Gasteiger partial charge is 0.274 e. The Balaban J connectivity index is 1.93. The van der Waals surface area contributed by atoms with Gasteiger partial charge in [0, 0.05) is 24.5 Å². The van der Waals surface area contributed by atoms with E-state index in [9.17, 15) is 4.79 Å². The molecule has 1 amide bonds. The van der Waals surface area contributed by atoms with Crippen LogP contribution in [-0.2, 0) is 0 Å². The maximum atomic E-state index is 12.7. The van der Waals surface area contributed by atoms with Crippen molar-refractivity contribution in [3.63, 3.8) is 0 Å². The Morgan fingerprint density at radius 3 is 3.00 bits per heavy atom. The molecule has 4 nitrogen and oxygen atoms in total. The molecule has 4 heteroatoms. The molecule has 0 spiro atoms. The fraction of sp³-hybridized carbons (Fsp3) is 0.500. The zero-order valence-electron chi connectivity index (χ0n) is 12.2. The van der Waals surface area contributed by atoms with Gasteiger partial charge in [-0.2, -0.15) is 0 Å². The van der Waals surface area contributed by atoms with Crippen molar-refractivity contribution in [2.45, 2.75) is 45.6 Å². The molecule has 1 aliphatic rings. The first kappa shape index (κ1) is 13.2. The molecule has 1 saturated heterocycles. The molecule has 3 rings (SSSR count). The second-order valence-corrected chi connectivity index (χ2v) is 5.58. The number of aromatic nitrogens is 2. The quantitative estimate of drug-likeness (QED) is 0.842. The topological polar surface area (TPSA) is 37.6 Å². The highest BCUT2D eigenvalue weighted by atomic mass is 16.2. The molecule has 0 aromatic carbocycles. The third-order valence-corrected chi connectivity index (χ3v) is 4.27. The molecule has 20 heavy (non-hydrogen) atoms. The molecule has 1 fully saturated rings. The number of rotatable bonds is 2. The minimum Gasteiger partial charge on any atom is -0.334 e. The van der Waals surface area contributed by atoms with Crippen LogP contribution < -0.4 is 0 Å². The Kier molecular flexibility index (Phi) is 3.47. The van der Waals surface area contributed by atoms with Crippen molar-refractivity contribution >= 4 is 11.6 Å². The Morgan fingerprint density at radius 1 is 1.40 bits per heavy atom. The molecule has 1 unspecified atom stereocenters. The van der Waals surface area contributed by atoms with Crippen LogP contribution >= 0.6 is 0 Å². The van der Waals surface area contributed by atoms with Crippen LogP contribution in [0.4, 0.5) is 0 Å². The van der Waals surface area contributed by atoms with E-state index in [0.29, 0.717) is 11.7 Å². The van der Waals surface area contributed by atoms with Crippen molar-refractivity contribution in [1.29, 1.82) is 0 Å². The molecule has 0 aliphatic carbocycles. The molecule has 1 aliphatic heterocycles. The van der Waals surface area contributed by atoms with Gasteiger partial charge in [0.25, 0.3) is 5.91 Å². The average Bonchev–Trinajstić information content (AvgIpc) is 2.92. The van der Waals surface area contributed by atoms with E-state index in [-0.39, 0.29) is 5.91 Å². The Morgan fingerprint density at radius 2 is 2.25 bits per heavy atom. The van der Waals surface area contributed by atoms with Crippen LogP contribution in [0.15, 0.2) is 24.4 Å². The van der Waals surface area contributed by atoms with Crippen LogP contribution in [0.3, 0.4) is 0 Å². The zero-order valence-corrected chi connectivity index (χ0v) is 12.2. The Bertz CT molecular complexity index is 632. The summed E-state index contributed by atoms with van der Waals surface area (Å²) in [5, 5.41) is 0. The van der Waals surface area contributed by atoms with Gasteiger partial charge in [-0.25, -0.2) is 4.98 Å². The number of carbonyl (C=O) groups excluding carboxylic acids is 1. The molecule has 0 bridgehead atoms. The van der Waals surface area contributed by atoms with Gasteiger partial charge in [0.05, 0.1) is 0 Å². The highest BCUT2D eigenvalue weighted by Crippen LogP contribution is 2.22. The third kappa shape index (κ3) is 2.19. The van der Waals surface area contributed by atoms with Crippen LogP contribution in [0, 0.1) is 6.92 Å².